The Morgan fingerprint density at radius 2 is 1.84 bits per heavy atom. The second kappa shape index (κ2) is 10.0. The predicted octanol–water partition coefficient (Wildman–Crippen LogP) is 1.46. The van der Waals surface area contributed by atoms with Crippen LogP contribution in [0.15, 0.2) is 29.5 Å². The Bertz CT molecular complexity index is 848. The van der Waals surface area contributed by atoms with Crippen molar-refractivity contribution in [3.05, 3.63) is 35.0 Å². The Hall–Kier alpha value is -2.78. The number of rotatable bonds is 7. The van der Waals surface area contributed by atoms with Gasteiger partial charge in [0, 0.05) is 51.0 Å². The third-order valence-electron chi connectivity index (χ3n) is 5.79. The Kier molecular flexibility index (Phi) is 7.40. The van der Waals surface area contributed by atoms with Gasteiger partial charge in [0.25, 0.3) is 0 Å². The molecule has 1 N–H and O–H groups in total. The molecule has 170 valence electrons. The molecule has 0 bridgehead atoms. The molecule has 1 saturated heterocycles. The lowest BCUT2D eigenvalue weighted by Gasteiger charge is -2.39. The van der Waals surface area contributed by atoms with Gasteiger partial charge in [0.1, 0.15) is 11.5 Å². The van der Waals surface area contributed by atoms with E-state index in [9.17, 15) is 9.59 Å². The number of carbonyl (C=O) groups excluding carboxylic acids is 2. The van der Waals surface area contributed by atoms with Gasteiger partial charge in [0.15, 0.2) is 0 Å². The van der Waals surface area contributed by atoms with E-state index in [1.54, 1.807) is 46.4 Å². The van der Waals surface area contributed by atoms with Crippen LogP contribution in [0.5, 0.6) is 11.5 Å². The minimum atomic E-state index is -0.713. The first-order chi connectivity index (χ1) is 14.9. The van der Waals surface area contributed by atoms with Gasteiger partial charge < -0.3 is 24.4 Å². The highest BCUT2D eigenvalue weighted by atomic mass is 16.5. The highest BCUT2D eigenvalue weighted by Gasteiger charge is 2.39. The zero-order valence-electron chi connectivity index (χ0n) is 18.9. The second-order valence-corrected chi connectivity index (χ2v) is 7.71. The Labute approximate surface area is 183 Å². The fourth-order valence-corrected chi connectivity index (χ4v) is 3.91. The van der Waals surface area contributed by atoms with Gasteiger partial charge >= 0.3 is 12.0 Å². The molecule has 9 heteroatoms. The number of carbonyl (C=O) groups is 2. The third-order valence-corrected chi connectivity index (χ3v) is 5.79. The number of methoxy groups -OCH3 is 2. The number of amides is 2. The minimum absolute atomic E-state index is 0.240. The van der Waals surface area contributed by atoms with E-state index in [2.05, 4.69) is 22.2 Å². The Balaban J connectivity index is 2.09. The molecular formula is C22H32N4O5. The van der Waals surface area contributed by atoms with Crippen LogP contribution in [0.3, 0.4) is 0 Å². The maximum atomic E-state index is 13.1. The SMILES string of the molecule is CCOC(=O)C1=C(CN2CCN(C)CC2)N(C)C(=O)NC1c1cc(OC)ccc1OC. The number of hydrogen-bond acceptors (Lipinski definition) is 7. The molecule has 2 aliphatic rings. The van der Waals surface area contributed by atoms with E-state index in [4.69, 9.17) is 14.2 Å². The molecule has 31 heavy (non-hydrogen) atoms. The fourth-order valence-electron chi connectivity index (χ4n) is 3.91. The molecule has 0 aliphatic carbocycles. The van der Waals surface area contributed by atoms with Gasteiger partial charge in [-0.25, -0.2) is 9.59 Å². The first-order valence-corrected chi connectivity index (χ1v) is 10.5. The standard InChI is InChI=1S/C22H32N4O5/c1-6-31-21(27)19-17(14-26-11-9-24(2)10-12-26)25(3)22(28)23-20(19)16-13-15(29-4)7-8-18(16)30-5/h7-8,13,20H,6,9-12,14H2,1-5H3,(H,23,28). The molecule has 0 radical (unpaired) electrons. The zero-order chi connectivity index (χ0) is 22.5. The lowest BCUT2D eigenvalue weighted by Crippen LogP contribution is -2.51. The molecule has 2 amide bonds. The van der Waals surface area contributed by atoms with Gasteiger partial charge in [-0.2, -0.15) is 0 Å². The number of piperazine rings is 1. The van der Waals surface area contributed by atoms with E-state index in [0.717, 1.165) is 26.2 Å². The molecule has 0 spiro atoms. The van der Waals surface area contributed by atoms with Crippen LogP contribution >= 0.6 is 0 Å². The quantitative estimate of drug-likeness (QED) is 0.653. The molecule has 1 fully saturated rings. The lowest BCUT2D eigenvalue weighted by molar-refractivity contribution is -0.139. The number of ether oxygens (including phenoxy) is 3. The number of nitrogens with one attached hydrogen (secondary N) is 1. The monoisotopic (exact) mass is 432 g/mol. The highest BCUT2D eigenvalue weighted by Crippen LogP contribution is 2.37. The van der Waals surface area contributed by atoms with Crippen molar-refractivity contribution in [2.24, 2.45) is 0 Å². The van der Waals surface area contributed by atoms with E-state index in [-0.39, 0.29) is 12.6 Å². The smallest absolute Gasteiger partial charge is 0.338 e. The summed E-state index contributed by atoms with van der Waals surface area (Å²) in [6.45, 7) is 6.08. The maximum absolute atomic E-state index is 13.1. The van der Waals surface area contributed by atoms with Crippen molar-refractivity contribution in [2.75, 3.05) is 67.6 Å². The molecule has 1 atom stereocenters. The van der Waals surface area contributed by atoms with Crippen LogP contribution in [0.25, 0.3) is 0 Å². The molecule has 9 nitrogen and oxygen atoms in total. The molecule has 3 rings (SSSR count). The summed E-state index contributed by atoms with van der Waals surface area (Å²) in [5.74, 6) is 0.706. The fraction of sp³-hybridized carbons (Fsp3) is 0.545. The molecule has 0 saturated carbocycles. The van der Waals surface area contributed by atoms with E-state index in [1.807, 2.05) is 0 Å². The summed E-state index contributed by atoms with van der Waals surface area (Å²) >= 11 is 0. The minimum Gasteiger partial charge on any atom is -0.497 e. The van der Waals surface area contributed by atoms with Crippen LogP contribution in [-0.4, -0.2) is 94.3 Å². The van der Waals surface area contributed by atoms with Crippen LogP contribution in [-0.2, 0) is 9.53 Å². The summed E-state index contributed by atoms with van der Waals surface area (Å²) in [6.07, 6.45) is 0. The number of esters is 1. The number of likely N-dealkylation sites (N-methyl/N-ethyl adjacent to an activating group) is 2. The number of nitrogens with zero attached hydrogens (tertiary/aromatic N) is 3. The summed E-state index contributed by atoms with van der Waals surface area (Å²) in [6, 6.07) is 4.32. The van der Waals surface area contributed by atoms with Crippen LogP contribution in [0, 0.1) is 0 Å². The molecular weight excluding hydrogens is 400 g/mol. The van der Waals surface area contributed by atoms with Crippen molar-refractivity contribution in [2.45, 2.75) is 13.0 Å². The third kappa shape index (κ3) is 4.94. The maximum Gasteiger partial charge on any atom is 0.338 e. The average Bonchev–Trinajstić information content (AvgIpc) is 2.77. The van der Waals surface area contributed by atoms with Crippen molar-refractivity contribution in [1.29, 1.82) is 0 Å². The largest absolute Gasteiger partial charge is 0.497 e. The van der Waals surface area contributed by atoms with E-state index < -0.39 is 12.0 Å². The normalized spacial score (nSPS) is 20.5. The summed E-state index contributed by atoms with van der Waals surface area (Å²) in [5.41, 5.74) is 1.69. The molecule has 1 unspecified atom stereocenters. The van der Waals surface area contributed by atoms with Gasteiger partial charge in [-0.15, -0.1) is 0 Å². The first-order valence-electron chi connectivity index (χ1n) is 10.5. The lowest BCUT2D eigenvalue weighted by atomic mass is 9.93. The van der Waals surface area contributed by atoms with Crippen LogP contribution in [0.1, 0.15) is 18.5 Å². The van der Waals surface area contributed by atoms with Gasteiger partial charge in [-0.3, -0.25) is 9.80 Å². The highest BCUT2D eigenvalue weighted by molar-refractivity contribution is 5.95. The predicted molar refractivity (Wildman–Crippen MR) is 116 cm³/mol. The number of urea groups is 1. The first kappa shape index (κ1) is 22.9. The van der Waals surface area contributed by atoms with E-state index in [0.29, 0.717) is 34.9 Å². The second-order valence-electron chi connectivity index (χ2n) is 7.71. The van der Waals surface area contributed by atoms with Crippen LogP contribution in [0.4, 0.5) is 4.79 Å². The van der Waals surface area contributed by atoms with Crippen molar-refractivity contribution < 1.29 is 23.8 Å². The van der Waals surface area contributed by atoms with Crippen molar-refractivity contribution in [1.82, 2.24) is 20.0 Å². The molecule has 1 aromatic rings. The Morgan fingerprint density at radius 3 is 2.45 bits per heavy atom. The van der Waals surface area contributed by atoms with E-state index in [1.165, 1.54) is 4.90 Å². The average molecular weight is 433 g/mol. The van der Waals surface area contributed by atoms with Crippen molar-refractivity contribution >= 4 is 12.0 Å². The van der Waals surface area contributed by atoms with Crippen molar-refractivity contribution in [3.63, 3.8) is 0 Å². The van der Waals surface area contributed by atoms with Crippen LogP contribution in [0.2, 0.25) is 0 Å². The summed E-state index contributed by atoms with van der Waals surface area (Å²) < 4.78 is 16.3. The van der Waals surface area contributed by atoms with Crippen molar-refractivity contribution in [3.8, 4) is 11.5 Å². The zero-order valence-corrected chi connectivity index (χ0v) is 18.9. The number of hydrogen-bond donors (Lipinski definition) is 1. The topological polar surface area (TPSA) is 83.6 Å². The van der Waals surface area contributed by atoms with E-state index >= 15 is 0 Å². The van der Waals surface area contributed by atoms with Gasteiger partial charge in [-0.05, 0) is 32.2 Å². The number of benzene rings is 1. The summed E-state index contributed by atoms with van der Waals surface area (Å²) in [5, 5.41) is 2.94. The van der Waals surface area contributed by atoms with Crippen LogP contribution < -0.4 is 14.8 Å². The molecule has 1 aromatic carbocycles. The van der Waals surface area contributed by atoms with Gasteiger partial charge in [0.2, 0.25) is 0 Å². The molecule has 2 heterocycles. The summed E-state index contributed by atoms with van der Waals surface area (Å²) in [4.78, 5) is 32.1. The molecule has 2 aliphatic heterocycles. The molecule has 0 aromatic heterocycles. The Morgan fingerprint density at radius 1 is 1.13 bits per heavy atom. The van der Waals surface area contributed by atoms with Gasteiger partial charge in [0.05, 0.1) is 32.4 Å². The van der Waals surface area contributed by atoms with Gasteiger partial charge in [-0.1, -0.05) is 0 Å². The summed E-state index contributed by atoms with van der Waals surface area (Å²) in [7, 11) is 6.89.